The van der Waals surface area contributed by atoms with Crippen LogP contribution in [0.15, 0.2) is 24.3 Å². The maximum atomic E-state index is 12.3. The minimum absolute atomic E-state index is 0.151. The SMILES string of the molecule is CS(=O)(=O)C1CCCN(C(=O)NCCc2ccc(C3CCCCC3)cc2)C1. The number of urea groups is 1. The van der Waals surface area contributed by atoms with Crippen LogP contribution in [0, 0.1) is 0 Å². The third kappa shape index (κ3) is 5.71. The fourth-order valence-corrected chi connectivity index (χ4v) is 5.34. The lowest BCUT2D eigenvalue weighted by atomic mass is 9.84. The molecule has 3 rings (SSSR count). The number of amides is 2. The average Bonchev–Trinajstić information content (AvgIpc) is 2.68. The van der Waals surface area contributed by atoms with E-state index >= 15 is 0 Å². The minimum atomic E-state index is -3.09. The van der Waals surface area contributed by atoms with E-state index in [2.05, 4.69) is 29.6 Å². The lowest BCUT2D eigenvalue weighted by Crippen LogP contribution is -2.49. The first-order valence-corrected chi connectivity index (χ1v) is 12.2. The normalized spacial score (nSPS) is 21.8. The van der Waals surface area contributed by atoms with E-state index in [1.165, 1.54) is 49.5 Å². The van der Waals surface area contributed by atoms with Gasteiger partial charge in [0.1, 0.15) is 0 Å². The number of carbonyl (C=O) groups excluding carboxylic acids is 1. The van der Waals surface area contributed by atoms with Crippen molar-refractivity contribution in [1.82, 2.24) is 10.2 Å². The monoisotopic (exact) mass is 392 g/mol. The molecule has 1 atom stereocenters. The number of likely N-dealkylation sites (tertiary alicyclic amines) is 1. The first kappa shape index (κ1) is 20.2. The molecule has 1 aliphatic carbocycles. The number of hydrogen-bond donors (Lipinski definition) is 1. The number of benzene rings is 1. The second-order valence-electron chi connectivity index (χ2n) is 8.10. The third-order valence-electron chi connectivity index (χ3n) is 6.02. The molecular formula is C21H32N2O3S. The molecule has 0 bridgehead atoms. The Kier molecular flexibility index (Phi) is 6.79. The topological polar surface area (TPSA) is 66.5 Å². The molecule has 1 unspecified atom stereocenters. The van der Waals surface area contributed by atoms with E-state index in [-0.39, 0.29) is 6.03 Å². The van der Waals surface area contributed by atoms with Gasteiger partial charge in [0.15, 0.2) is 9.84 Å². The molecule has 1 saturated carbocycles. The predicted octanol–water partition coefficient (Wildman–Crippen LogP) is 3.50. The van der Waals surface area contributed by atoms with Gasteiger partial charge in [0.25, 0.3) is 0 Å². The number of rotatable bonds is 5. The van der Waals surface area contributed by atoms with Gasteiger partial charge in [0.2, 0.25) is 0 Å². The summed E-state index contributed by atoms with van der Waals surface area (Å²) in [4.78, 5) is 14.0. The molecule has 5 nitrogen and oxygen atoms in total. The highest BCUT2D eigenvalue weighted by Gasteiger charge is 2.29. The molecule has 0 spiro atoms. The highest BCUT2D eigenvalue weighted by Crippen LogP contribution is 2.32. The summed E-state index contributed by atoms with van der Waals surface area (Å²) in [7, 11) is -3.09. The standard InChI is InChI=1S/C21H32N2O3S/c1-27(25,26)20-8-5-15-23(16-20)21(24)22-14-13-17-9-11-19(12-10-17)18-6-3-2-4-7-18/h9-12,18,20H,2-8,13-16H2,1H3,(H,22,24). The van der Waals surface area contributed by atoms with Crippen LogP contribution >= 0.6 is 0 Å². The molecule has 1 aliphatic heterocycles. The van der Waals surface area contributed by atoms with Crippen LogP contribution in [0.5, 0.6) is 0 Å². The van der Waals surface area contributed by atoms with Gasteiger partial charge in [-0.25, -0.2) is 13.2 Å². The summed E-state index contributed by atoms with van der Waals surface area (Å²) in [6.07, 6.45) is 10.1. The van der Waals surface area contributed by atoms with Crippen molar-refractivity contribution in [1.29, 1.82) is 0 Å². The lowest BCUT2D eigenvalue weighted by Gasteiger charge is -2.31. The fraction of sp³-hybridized carbons (Fsp3) is 0.667. The van der Waals surface area contributed by atoms with Crippen molar-refractivity contribution in [2.75, 3.05) is 25.9 Å². The van der Waals surface area contributed by atoms with E-state index in [1.54, 1.807) is 4.90 Å². The zero-order valence-electron chi connectivity index (χ0n) is 16.3. The van der Waals surface area contributed by atoms with Crippen LogP contribution < -0.4 is 5.32 Å². The van der Waals surface area contributed by atoms with Crippen LogP contribution in [0.1, 0.15) is 62.0 Å². The van der Waals surface area contributed by atoms with Crippen molar-refractivity contribution in [3.05, 3.63) is 35.4 Å². The molecule has 1 heterocycles. The van der Waals surface area contributed by atoms with Gasteiger partial charge in [-0.15, -0.1) is 0 Å². The van der Waals surface area contributed by atoms with Crippen LogP contribution in [0.25, 0.3) is 0 Å². The predicted molar refractivity (Wildman–Crippen MR) is 109 cm³/mol. The Balaban J connectivity index is 1.44. The van der Waals surface area contributed by atoms with Crippen LogP contribution in [0.2, 0.25) is 0 Å². The molecule has 27 heavy (non-hydrogen) atoms. The molecule has 0 aromatic heterocycles. The van der Waals surface area contributed by atoms with E-state index < -0.39 is 15.1 Å². The molecule has 1 N–H and O–H groups in total. The number of hydrogen-bond acceptors (Lipinski definition) is 3. The number of nitrogens with one attached hydrogen (secondary N) is 1. The Morgan fingerprint density at radius 1 is 1.07 bits per heavy atom. The van der Waals surface area contributed by atoms with Crippen LogP contribution in [-0.2, 0) is 16.3 Å². The average molecular weight is 393 g/mol. The molecule has 2 amide bonds. The Morgan fingerprint density at radius 2 is 1.78 bits per heavy atom. The molecule has 1 saturated heterocycles. The highest BCUT2D eigenvalue weighted by atomic mass is 32.2. The van der Waals surface area contributed by atoms with Gasteiger partial charge in [-0.3, -0.25) is 0 Å². The van der Waals surface area contributed by atoms with Crippen molar-refractivity contribution >= 4 is 15.9 Å². The number of piperidine rings is 1. The molecule has 1 aromatic rings. The van der Waals surface area contributed by atoms with Gasteiger partial charge >= 0.3 is 6.03 Å². The smallest absolute Gasteiger partial charge is 0.317 e. The Bertz CT molecular complexity index is 724. The largest absolute Gasteiger partial charge is 0.338 e. The van der Waals surface area contributed by atoms with Crippen LogP contribution in [-0.4, -0.2) is 50.5 Å². The Hall–Kier alpha value is -1.56. The van der Waals surface area contributed by atoms with Crippen molar-refractivity contribution in [2.45, 2.75) is 62.5 Å². The van der Waals surface area contributed by atoms with Gasteiger partial charge in [0.05, 0.1) is 5.25 Å². The van der Waals surface area contributed by atoms with E-state index in [9.17, 15) is 13.2 Å². The van der Waals surface area contributed by atoms with E-state index in [0.29, 0.717) is 26.1 Å². The summed E-state index contributed by atoms with van der Waals surface area (Å²) >= 11 is 0. The summed E-state index contributed by atoms with van der Waals surface area (Å²) in [6.45, 7) is 1.51. The van der Waals surface area contributed by atoms with Gasteiger partial charge in [-0.2, -0.15) is 0 Å². The second kappa shape index (κ2) is 9.09. The minimum Gasteiger partial charge on any atom is -0.338 e. The maximum Gasteiger partial charge on any atom is 0.317 e. The van der Waals surface area contributed by atoms with Crippen molar-refractivity contribution in [3.63, 3.8) is 0 Å². The maximum absolute atomic E-state index is 12.3. The molecular weight excluding hydrogens is 360 g/mol. The molecule has 0 radical (unpaired) electrons. The van der Waals surface area contributed by atoms with Gasteiger partial charge in [0, 0.05) is 25.9 Å². The highest BCUT2D eigenvalue weighted by molar-refractivity contribution is 7.91. The molecule has 2 fully saturated rings. The lowest BCUT2D eigenvalue weighted by molar-refractivity contribution is 0.187. The number of nitrogens with zero attached hydrogens (tertiary/aromatic N) is 1. The van der Waals surface area contributed by atoms with E-state index in [4.69, 9.17) is 0 Å². The van der Waals surface area contributed by atoms with E-state index in [1.807, 2.05) is 0 Å². The third-order valence-corrected chi connectivity index (χ3v) is 7.61. The Morgan fingerprint density at radius 3 is 2.44 bits per heavy atom. The summed E-state index contributed by atoms with van der Waals surface area (Å²) in [5.41, 5.74) is 2.67. The first-order valence-electron chi connectivity index (χ1n) is 10.2. The quantitative estimate of drug-likeness (QED) is 0.834. The van der Waals surface area contributed by atoms with Crippen LogP contribution in [0.4, 0.5) is 4.79 Å². The number of carbonyl (C=O) groups is 1. The van der Waals surface area contributed by atoms with Crippen molar-refractivity contribution in [3.8, 4) is 0 Å². The zero-order chi connectivity index (χ0) is 19.3. The second-order valence-corrected chi connectivity index (χ2v) is 10.4. The van der Waals surface area contributed by atoms with E-state index in [0.717, 1.165) is 18.8 Å². The molecule has 1 aromatic carbocycles. The van der Waals surface area contributed by atoms with Gasteiger partial charge in [-0.1, -0.05) is 43.5 Å². The van der Waals surface area contributed by atoms with Crippen LogP contribution in [0.3, 0.4) is 0 Å². The molecule has 150 valence electrons. The summed E-state index contributed by atoms with van der Waals surface area (Å²) < 4.78 is 23.5. The van der Waals surface area contributed by atoms with Gasteiger partial charge in [-0.05, 0) is 49.1 Å². The molecule has 6 heteroatoms. The fourth-order valence-electron chi connectivity index (χ4n) is 4.29. The summed E-state index contributed by atoms with van der Waals surface area (Å²) in [5, 5.41) is 2.52. The molecule has 2 aliphatic rings. The van der Waals surface area contributed by atoms with Crippen molar-refractivity contribution in [2.24, 2.45) is 0 Å². The zero-order valence-corrected chi connectivity index (χ0v) is 17.1. The van der Waals surface area contributed by atoms with Crippen molar-refractivity contribution < 1.29 is 13.2 Å². The summed E-state index contributed by atoms with van der Waals surface area (Å²) in [5.74, 6) is 0.717. The summed E-state index contributed by atoms with van der Waals surface area (Å²) in [6, 6.07) is 8.69. The van der Waals surface area contributed by atoms with Gasteiger partial charge < -0.3 is 10.2 Å². The number of sulfone groups is 1. The first-order chi connectivity index (χ1) is 12.9. The Labute approximate surface area is 163 Å².